The van der Waals surface area contributed by atoms with Crippen molar-refractivity contribution >= 4 is 11.7 Å². The molecule has 1 atom stereocenters. The number of anilines is 1. The molecule has 1 aromatic rings. The Labute approximate surface area is 108 Å². The lowest BCUT2D eigenvalue weighted by molar-refractivity contribution is 0.0601. The predicted octanol–water partition coefficient (Wildman–Crippen LogP) is 2.03. The SMILES string of the molecule is COC(=O)c1ccc(NC2CNC(C)(C)C2)cc1. The van der Waals surface area contributed by atoms with E-state index >= 15 is 0 Å². The van der Waals surface area contributed by atoms with E-state index in [9.17, 15) is 4.79 Å². The lowest BCUT2D eigenvalue weighted by Crippen LogP contribution is -2.31. The zero-order valence-corrected chi connectivity index (χ0v) is 11.1. The van der Waals surface area contributed by atoms with Crippen LogP contribution >= 0.6 is 0 Å². The molecule has 0 aliphatic carbocycles. The molecule has 1 fully saturated rings. The van der Waals surface area contributed by atoms with E-state index < -0.39 is 0 Å². The zero-order chi connectivity index (χ0) is 13.2. The van der Waals surface area contributed by atoms with E-state index in [2.05, 4.69) is 29.2 Å². The number of carbonyl (C=O) groups is 1. The Balaban J connectivity index is 1.97. The van der Waals surface area contributed by atoms with Crippen molar-refractivity contribution in [3.8, 4) is 0 Å². The van der Waals surface area contributed by atoms with Crippen LogP contribution in [-0.2, 0) is 4.74 Å². The van der Waals surface area contributed by atoms with Gasteiger partial charge in [0.1, 0.15) is 0 Å². The fourth-order valence-electron chi connectivity index (χ4n) is 2.32. The molecule has 0 amide bonds. The Morgan fingerprint density at radius 1 is 1.39 bits per heavy atom. The second-order valence-corrected chi connectivity index (χ2v) is 5.38. The molecule has 18 heavy (non-hydrogen) atoms. The molecule has 2 N–H and O–H groups in total. The van der Waals surface area contributed by atoms with Gasteiger partial charge in [0.25, 0.3) is 0 Å². The predicted molar refractivity (Wildman–Crippen MR) is 71.9 cm³/mol. The molecule has 1 heterocycles. The number of methoxy groups -OCH3 is 1. The maximum absolute atomic E-state index is 11.3. The van der Waals surface area contributed by atoms with Crippen LogP contribution in [0.1, 0.15) is 30.6 Å². The number of benzene rings is 1. The summed E-state index contributed by atoms with van der Waals surface area (Å²) in [4.78, 5) is 11.3. The highest BCUT2D eigenvalue weighted by Crippen LogP contribution is 2.21. The fraction of sp³-hybridized carbons (Fsp3) is 0.500. The van der Waals surface area contributed by atoms with Gasteiger partial charge >= 0.3 is 5.97 Å². The average molecular weight is 248 g/mol. The highest BCUT2D eigenvalue weighted by molar-refractivity contribution is 5.89. The molecule has 0 spiro atoms. The Morgan fingerprint density at radius 2 is 2.06 bits per heavy atom. The van der Waals surface area contributed by atoms with Gasteiger partial charge in [-0.05, 0) is 44.5 Å². The third-order valence-electron chi connectivity index (χ3n) is 3.26. The molecular formula is C14H20N2O2. The summed E-state index contributed by atoms with van der Waals surface area (Å²) in [5, 5.41) is 6.93. The quantitative estimate of drug-likeness (QED) is 0.804. The van der Waals surface area contributed by atoms with Gasteiger partial charge in [-0.25, -0.2) is 4.79 Å². The smallest absolute Gasteiger partial charge is 0.337 e. The Kier molecular flexibility index (Phi) is 3.57. The summed E-state index contributed by atoms with van der Waals surface area (Å²) in [6, 6.07) is 7.82. The van der Waals surface area contributed by atoms with Crippen molar-refractivity contribution in [1.82, 2.24) is 5.32 Å². The van der Waals surface area contributed by atoms with Crippen LogP contribution in [0.15, 0.2) is 24.3 Å². The van der Waals surface area contributed by atoms with Crippen molar-refractivity contribution < 1.29 is 9.53 Å². The van der Waals surface area contributed by atoms with Gasteiger partial charge in [-0.15, -0.1) is 0 Å². The van der Waals surface area contributed by atoms with Gasteiger partial charge < -0.3 is 15.4 Å². The van der Waals surface area contributed by atoms with Crippen molar-refractivity contribution in [3.05, 3.63) is 29.8 Å². The van der Waals surface area contributed by atoms with E-state index in [0.717, 1.165) is 18.7 Å². The van der Waals surface area contributed by atoms with Crippen LogP contribution in [0.4, 0.5) is 5.69 Å². The summed E-state index contributed by atoms with van der Waals surface area (Å²) in [5.74, 6) is -0.301. The first kappa shape index (κ1) is 12.9. The first-order valence-electron chi connectivity index (χ1n) is 6.20. The Hall–Kier alpha value is -1.55. The van der Waals surface area contributed by atoms with Crippen LogP contribution in [0.25, 0.3) is 0 Å². The number of ether oxygens (including phenoxy) is 1. The normalized spacial score (nSPS) is 21.6. The number of hydrogen-bond donors (Lipinski definition) is 2. The van der Waals surface area contributed by atoms with Gasteiger partial charge in [-0.1, -0.05) is 0 Å². The summed E-state index contributed by atoms with van der Waals surface area (Å²) < 4.78 is 4.67. The van der Waals surface area contributed by atoms with Crippen LogP contribution < -0.4 is 10.6 Å². The van der Waals surface area contributed by atoms with Gasteiger partial charge in [0.05, 0.1) is 12.7 Å². The van der Waals surface area contributed by atoms with Crippen molar-refractivity contribution in [2.24, 2.45) is 0 Å². The zero-order valence-electron chi connectivity index (χ0n) is 11.1. The maximum atomic E-state index is 11.3. The Bertz CT molecular complexity index is 426. The molecule has 0 radical (unpaired) electrons. The van der Waals surface area contributed by atoms with Crippen LogP contribution in [0, 0.1) is 0 Å². The second kappa shape index (κ2) is 4.98. The molecule has 1 aromatic carbocycles. The third kappa shape index (κ3) is 3.01. The topological polar surface area (TPSA) is 50.4 Å². The van der Waals surface area contributed by atoms with Gasteiger partial charge in [-0.3, -0.25) is 0 Å². The number of esters is 1. The van der Waals surface area contributed by atoms with Crippen molar-refractivity contribution in [1.29, 1.82) is 0 Å². The molecule has 1 aliphatic heterocycles. The first-order valence-corrected chi connectivity index (χ1v) is 6.20. The van der Waals surface area contributed by atoms with E-state index in [1.54, 1.807) is 12.1 Å². The van der Waals surface area contributed by atoms with Crippen molar-refractivity contribution in [2.45, 2.75) is 31.8 Å². The van der Waals surface area contributed by atoms with Gasteiger partial charge in [0, 0.05) is 23.8 Å². The van der Waals surface area contributed by atoms with Gasteiger partial charge in [-0.2, -0.15) is 0 Å². The largest absolute Gasteiger partial charge is 0.465 e. The fourth-order valence-corrected chi connectivity index (χ4v) is 2.32. The van der Waals surface area contributed by atoms with E-state index in [1.165, 1.54) is 7.11 Å². The summed E-state index contributed by atoms with van der Waals surface area (Å²) >= 11 is 0. The van der Waals surface area contributed by atoms with Gasteiger partial charge in [0.15, 0.2) is 0 Å². The van der Waals surface area contributed by atoms with E-state index in [1.807, 2.05) is 12.1 Å². The first-order chi connectivity index (χ1) is 8.50. The minimum atomic E-state index is -0.301. The summed E-state index contributed by atoms with van der Waals surface area (Å²) in [7, 11) is 1.39. The molecule has 4 heteroatoms. The molecule has 1 aliphatic rings. The molecule has 1 saturated heterocycles. The highest BCUT2D eigenvalue weighted by Gasteiger charge is 2.29. The number of carbonyl (C=O) groups excluding carboxylic acids is 1. The second-order valence-electron chi connectivity index (χ2n) is 5.38. The lowest BCUT2D eigenvalue weighted by atomic mass is 10.0. The molecular weight excluding hydrogens is 228 g/mol. The van der Waals surface area contributed by atoms with Crippen molar-refractivity contribution in [2.75, 3.05) is 19.0 Å². The standard InChI is InChI=1S/C14H20N2O2/c1-14(2)8-12(9-15-14)16-11-6-4-10(5-7-11)13(17)18-3/h4-7,12,15-16H,8-9H2,1-3H3. The molecule has 0 saturated carbocycles. The van der Waals surface area contributed by atoms with Crippen molar-refractivity contribution in [3.63, 3.8) is 0 Å². The molecule has 0 bridgehead atoms. The summed E-state index contributed by atoms with van der Waals surface area (Å²) in [5.41, 5.74) is 1.81. The van der Waals surface area contributed by atoms with E-state index in [-0.39, 0.29) is 11.5 Å². The van der Waals surface area contributed by atoms with Crippen LogP contribution in [0.5, 0.6) is 0 Å². The van der Waals surface area contributed by atoms with E-state index in [0.29, 0.717) is 11.6 Å². The minimum Gasteiger partial charge on any atom is -0.465 e. The molecule has 4 nitrogen and oxygen atoms in total. The number of rotatable bonds is 3. The van der Waals surface area contributed by atoms with Crippen LogP contribution in [-0.4, -0.2) is 31.2 Å². The average Bonchev–Trinajstić information content (AvgIpc) is 2.68. The highest BCUT2D eigenvalue weighted by atomic mass is 16.5. The van der Waals surface area contributed by atoms with Crippen LogP contribution in [0.2, 0.25) is 0 Å². The molecule has 2 rings (SSSR count). The third-order valence-corrected chi connectivity index (χ3v) is 3.26. The molecule has 98 valence electrons. The number of hydrogen-bond acceptors (Lipinski definition) is 4. The molecule has 1 unspecified atom stereocenters. The number of nitrogens with one attached hydrogen (secondary N) is 2. The lowest BCUT2D eigenvalue weighted by Gasteiger charge is -2.18. The van der Waals surface area contributed by atoms with Crippen LogP contribution in [0.3, 0.4) is 0 Å². The monoisotopic (exact) mass is 248 g/mol. The minimum absolute atomic E-state index is 0.198. The Morgan fingerprint density at radius 3 is 2.56 bits per heavy atom. The summed E-state index contributed by atoms with van der Waals surface area (Å²) in [6.07, 6.45) is 1.09. The molecule has 0 aromatic heterocycles. The van der Waals surface area contributed by atoms with Gasteiger partial charge in [0.2, 0.25) is 0 Å². The van der Waals surface area contributed by atoms with E-state index in [4.69, 9.17) is 0 Å². The summed E-state index contributed by atoms with van der Waals surface area (Å²) in [6.45, 7) is 5.37. The maximum Gasteiger partial charge on any atom is 0.337 e.